The standard InChI is InChI=1S/C29H35N5O4/c1-38-23-15-13-20(14-16-23)24(19-35)34-27(37)29(32,17-8-18-33-28(30)31)26(36)25(21-9-4-2-5-10-21)22-11-6-3-7-12-22/h2-7,9-16,24-25,35H,8,17-19,32H2,1H3,(H,34,37)(H4,30,31,33)/t24?,29-/m1/s1. The summed E-state index contributed by atoms with van der Waals surface area (Å²) in [5.74, 6) is -1.41. The summed E-state index contributed by atoms with van der Waals surface area (Å²) in [5, 5.41) is 12.9. The average Bonchev–Trinajstić information content (AvgIpc) is 2.95. The minimum absolute atomic E-state index is 0.00856. The van der Waals surface area contributed by atoms with Crippen molar-refractivity contribution in [3.8, 4) is 5.75 Å². The molecule has 1 amide bonds. The molecule has 38 heavy (non-hydrogen) atoms. The first-order chi connectivity index (χ1) is 18.3. The number of rotatable bonds is 13. The van der Waals surface area contributed by atoms with Crippen LogP contribution in [0.2, 0.25) is 0 Å². The van der Waals surface area contributed by atoms with Crippen LogP contribution in [0.25, 0.3) is 0 Å². The lowest BCUT2D eigenvalue weighted by molar-refractivity contribution is -0.137. The van der Waals surface area contributed by atoms with Gasteiger partial charge in [0.25, 0.3) is 0 Å². The SMILES string of the molecule is COc1ccc(C(CO)NC(=O)[C@@](N)(CCCN=C(N)N)C(=O)C(c2ccccc2)c2ccccc2)cc1. The van der Waals surface area contributed by atoms with Gasteiger partial charge in [0.1, 0.15) is 5.75 Å². The first-order valence-electron chi connectivity index (χ1n) is 12.3. The molecular formula is C29H35N5O4. The molecule has 0 fully saturated rings. The number of hydrogen-bond donors (Lipinski definition) is 5. The Morgan fingerprint density at radius 1 is 0.921 bits per heavy atom. The summed E-state index contributed by atoms with van der Waals surface area (Å²) in [5.41, 5.74) is 17.7. The van der Waals surface area contributed by atoms with E-state index in [1.807, 2.05) is 60.7 Å². The number of ketones is 1. The van der Waals surface area contributed by atoms with Crippen molar-refractivity contribution in [2.45, 2.75) is 30.3 Å². The van der Waals surface area contributed by atoms with Crippen molar-refractivity contribution in [1.82, 2.24) is 5.32 Å². The number of benzene rings is 3. The van der Waals surface area contributed by atoms with Crippen molar-refractivity contribution in [1.29, 1.82) is 0 Å². The van der Waals surface area contributed by atoms with E-state index in [9.17, 15) is 14.7 Å². The second kappa shape index (κ2) is 13.4. The predicted molar refractivity (Wildman–Crippen MR) is 148 cm³/mol. The molecule has 0 aliphatic heterocycles. The van der Waals surface area contributed by atoms with Crippen LogP contribution < -0.4 is 27.3 Å². The molecule has 3 rings (SSSR count). The number of nitrogens with zero attached hydrogens (tertiary/aromatic N) is 1. The van der Waals surface area contributed by atoms with E-state index in [4.69, 9.17) is 21.9 Å². The highest BCUT2D eigenvalue weighted by Gasteiger charge is 2.46. The van der Waals surface area contributed by atoms with Crippen molar-refractivity contribution < 1.29 is 19.4 Å². The highest BCUT2D eigenvalue weighted by molar-refractivity contribution is 6.14. The van der Waals surface area contributed by atoms with E-state index < -0.39 is 35.8 Å². The molecule has 8 N–H and O–H groups in total. The molecule has 0 bridgehead atoms. The Morgan fingerprint density at radius 3 is 1.95 bits per heavy atom. The minimum atomic E-state index is -1.94. The maximum atomic E-state index is 14.3. The molecule has 0 radical (unpaired) electrons. The van der Waals surface area contributed by atoms with Crippen molar-refractivity contribution in [2.75, 3.05) is 20.3 Å². The first-order valence-corrected chi connectivity index (χ1v) is 12.3. The lowest BCUT2D eigenvalue weighted by Crippen LogP contribution is -2.61. The zero-order chi connectivity index (χ0) is 27.5. The van der Waals surface area contributed by atoms with Gasteiger partial charge in [-0.3, -0.25) is 14.6 Å². The van der Waals surface area contributed by atoms with E-state index in [0.29, 0.717) is 22.4 Å². The number of ether oxygens (including phenoxy) is 1. The number of nitrogens with two attached hydrogens (primary N) is 3. The molecular weight excluding hydrogens is 482 g/mol. The first kappa shape index (κ1) is 28.4. The Hall–Kier alpha value is -4.21. The highest BCUT2D eigenvalue weighted by atomic mass is 16.5. The molecule has 0 spiro atoms. The van der Waals surface area contributed by atoms with Crippen LogP contribution in [-0.2, 0) is 9.59 Å². The number of hydrogen-bond acceptors (Lipinski definition) is 6. The van der Waals surface area contributed by atoms with Gasteiger partial charge in [0.15, 0.2) is 17.3 Å². The summed E-state index contributed by atoms with van der Waals surface area (Å²) in [4.78, 5) is 32.0. The number of Topliss-reactive ketones (excluding diaryl/α,β-unsaturated/α-hetero) is 1. The average molecular weight is 518 g/mol. The van der Waals surface area contributed by atoms with Crippen LogP contribution >= 0.6 is 0 Å². The van der Waals surface area contributed by atoms with Crippen LogP contribution in [0.1, 0.15) is 41.5 Å². The Bertz CT molecular complexity index is 1180. The van der Waals surface area contributed by atoms with Crippen molar-refractivity contribution in [3.63, 3.8) is 0 Å². The molecule has 1 unspecified atom stereocenters. The summed E-state index contributed by atoms with van der Waals surface area (Å²) in [6, 6.07) is 24.5. The molecule has 9 heteroatoms. The second-order valence-corrected chi connectivity index (χ2v) is 8.98. The summed E-state index contributed by atoms with van der Waals surface area (Å²) in [6.45, 7) is -0.192. The summed E-state index contributed by atoms with van der Waals surface area (Å²) in [6.07, 6.45) is 0.279. The number of aliphatic imine (C=N–C) groups is 1. The maximum Gasteiger partial charge on any atom is 0.248 e. The summed E-state index contributed by atoms with van der Waals surface area (Å²) < 4.78 is 5.19. The normalized spacial score (nSPS) is 13.3. The largest absolute Gasteiger partial charge is 0.497 e. The third-order valence-corrected chi connectivity index (χ3v) is 6.40. The number of methoxy groups -OCH3 is 1. The molecule has 9 nitrogen and oxygen atoms in total. The van der Waals surface area contributed by atoms with Crippen molar-refractivity contribution >= 4 is 17.6 Å². The molecule has 3 aromatic carbocycles. The van der Waals surface area contributed by atoms with E-state index >= 15 is 0 Å². The molecule has 3 aromatic rings. The molecule has 0 saturated carbocycles. The highest BCUT2D eigenvalue weighted by Crippen LogP contribution is 2.31. The third-order valence-electron chi connectivity index (χ3n) is 6.40. The van der Waals surface area contributed by atoms with Crippen LogP contribution in [-0.4, -0.2) is 48.6 Å². The molecule has 0 saturated heterocycles. The van der Waals surface area contributed by atoms with Gasteiger partial charge < -0.3 is 32.4 Å². The van der Waals surface area contributed by atoms with E-state index in [0.717, 1.165) is 0 Å². The van der Waals surface area contributed by atoms with Gasteiger partial charge in [-0.15, -0.1) is 0 Å². The maximum absolute atomic E-state index is 14.3. The molecule has 0 heterocycles. The number of carbonyl (C=O) groups is 2. The molecule has 2 atom stereocenters. The minimum Gasteiger partial charge on any atom is -0.497 e. The number of aliphatic hydroxyl groups is 1. The van der Waals surface area contributed by atoms with Gasteiger partial charge in [0, 0.05) is 6.54 Å². The van der Waals surface area contributed by atoms with Crippen molar-refractivity contribution in [2.24, 2.45) is 22.2 Å². The Balaban J connectivity index is 1.98. The summed E-state index contributed by atoms with van der Waals surface area (Å²) in [7, 11) is 1.55. The van der Waals surface area contributed by atoms with Crippen LogP contribution in [0.15, 0.2) is 89.9 Å². The fraction of sp³-hybridized carbons (Fsp3) is 0.276. The Labute approximate surface area is 222 Å². The van der Waals surface area contributed by atoms with E-state index in [1.54, 1.807) is 31.4 Å². The lowest BCUT2D eigenvalue weighted by atomic mass is 9.76. The monoisotopic (exact) mass is 517 g/mol. The number of nitrogens with one attached hydrogen (secondary N) is 1. The van der Waals surface area contributed by atoms with Gasteiger partial charge in [-0.1, -0.05) is 72.8 Å². The van der Waals surface area contributed by atoms with Gasteiger partial charge >= 0.3 is 0 Å². The van der Waals surface area contributed by atoms with Crippen LogP contribution in [0, 0.1) is 0 Å². The topological polar surface area (TPSA) is 166 Å². The number of carbonyl (C=O) groups excluding carboxylic acids is 2. The van der Waals surface area contributed by atoms with Gasteiger partial charge in [-0.05, 0) is 41.7 Å². The van der Waals surface area contributed by atoms with Crippen molar-refractivity contribution in [3.05, 3.63) is 102 Å². The smallest absolute Gasteiger partial charge is 0.248 e. The third kappa shape index (κ3) is 6.96. The van der Waals surface area contributed by atoms with Gasteiger partial charge in [-0.25, -0.2) is 0 Å². The zero-order valence-electron chi connectivity index (χ0n) is 21.4. The number of amides is 1. The summed E-state index contributed by atoms with van der Waals surface area (Å²) >= 11 is 0. The van der Waals surface area contributed by atoms with Crippen LogP contribution in [0.5, 0.6) is 5.75 Å². The van der Waals surface area contributed by atoms with Gasteiger partial charge in [0.05, 0.1) is 25.7 Å². The predicted octanol–water partition coefficient (Wildman–Crippen LogP) is 2.00. The Kier molecular flexibility index (Phi) is 9.98. The zero-order valence-corrected chi connectivity index (χ0v) is 21.4. The molecule has 0 aliphatic rings. The second-order valence-electron chi connectivity index (χ2n) is 8.98. The van der Waals surface area contributed by atoms with Crippen LogP contribution in [0.4, 0.5) is 0 Å². The number of guanidine groups is 1. The quantitative estimate of drug-likeness (QED) is 0.100. The van der Waals surface area contributed by atoms with Crippen LogP contribution in [0.3, 0.4) is 0 Å². The van der Waals surface area contributed by atoms with E-state index in [1.165, 1.54) is 0 Å². The molecule has 200 valence electrons. The molecule has 0 aliphatic carbocycles. The van der Waals surface area contributed by atoms with E-state index in [2.05, 4.69) is 10.3 Å². The fourth-order valence-corrected chi connectivity index (χ4v) is 4.32. The van der Waals surface area contributed by atoms with Gasteiger partial charge in [-0.2, -0.15) is 0 Å². The Morgan fingerprint density at radius 2 is 1.47 bits per heavy atom. The van der Waals surface area contributed by atoms with E-state index in [-0.39, 0.29) is 25.3 Å². The fourth-order valence-electron chi connectivity index (χ4n) is 4.32. The number of aliphatic hydroxyl groups excluding tert-OH is 1. The lowest BCUT2D eigenvalue weighted by Gasteiger charge is -2.32. The van der Waals surface area contributed by atoms with Gasteiger partial charge in [0.2, 0.25) is 5.91 Å². The molecule has 0 aromatic heterocycles.